The van der Waals surface area contributed by atoms with Crippen molar-refractivity contribution in [2.24, 2.45) is 0 Å². The highest BCUT2D eigenvalue weighted by atomic mass is 28.4. The Bertz CT molecular complexity index is 632. The van der Waals surface area contributed by atoms with Crippen LogP contribution in [0.2, 0.25) is 18.1 Å². The molecule has 0 saturated heterocycles. The second-order valence-electron chi connectivity index (χ2n) is 8.95. The van der Waals surface area contributed by atoms with E-state index in [1.54, 1.807) is 24.3 Å². The van der Waals surface area contributed by atoms with E-state index >= 15 is 0 Å². The fourth-order valence-electron chi connectivity index (χ4n) is 2.58. The highest BCUT2D eigenvalue weighted by Crippen LogP contribution is 2.37. The van der Waals surface area contributed by atoms with Gasteiger partial charge in [-0.2, -0.15) is 0 Å². The zero-order valence-corrected chi connectivity index (χ0v) is 19.6. The van der Waals surface area contributed by atoms with Gasteiger partial charge in [0.05, 0.1) is 17.7 Å². The number of hydrogen-bond acceptors (Lipinski definition) is 4. The minimum Gasteiger partial charge on any atom is -0.516 e. The summed E-state index contributed by atoms with van der Waals surface area (Å²) in [6, 6.07) is 6.76. The normalized spacial score (nSPS) is 11.9. The Morgan fingerprint density at radius 1 is 0.857 bits per heavy atom. The molecule has 0 aliphatic heterocycles. The van der Waals surface area contributed by atoms with Gasteiger partial charge < -0.3 is 9.16 Å². The van der Waals surface area contributed by atoms with Gasteiger partial charge in [0.2, 0.25) is 0 Å². The van der Waals surface area contributed by atoms with Crippen molar-refractivity contribution in [3.63, 3.8) is 0 Å². The van der Waals surface area contributed by atoms with Gasteiger partial charge in [-0.15, -0.1) is 0 Å². The fraction of sp³-hybridized carbons (Fsp3) is 0.652. The molecule has 0 heterocycles. The molecule has 0 spiro atoms. The number of benzene rings is 1. The molecular weight excluding hydrogens is 368 g/mol. The molecule has 4 nitrogen and oxygen atoms in total. The molecule has 0 fully saturated rings. The summed E-state index contributed by atoms with van der Waals surface area (Å²) < 4.78 is 11.3. The van der Waals surface area contributed by atoms with Crippen molar-refractivity contribution in [2.75, 3.05) is 6.61 Å². The number of carbonyl (C=O) groups excluding carboxylic acids is 2. The summed E-state index contributed by atoms with van der Waals surface area (Å²) in [5.41, 5.74) is 0.575. The molecule has 0 aromatic heterocycles. The van der Waals surface area contributed by atoms with E-state index in [1.165, 1.54) is 32.1 Å². The summed E-state index contributed by atoms with van der Waals surface area (Å²) in [6.45, 7) is 12.9. The van der Waals surface area contributed by atoms with E-state index in [-0.39, 0.29) is 16.2 Å². The van der Waals surface area contributed by atoms with Gasteiger partial charge in [-0.3, -0.25) is 0 Å². The molecule has 28 heavy (non-hydrogen) atoms. The summed E-state index contributed by atoms with van der Waals surface area (Å²) in [4.78, 5) is 25.2. The third-order valence-corrected chi connectivity index (χ3v) is 9.81. The molecule has 0 saturated carbocycles. The van der Waals surface area contributed by atoms with E-state index in [9.17, 15) is 9.59 Å². The molecule has 1 aromatic carbocycles. The predicted octanol–water partition coefficient (Wildman–Crippen LogP) is 6.76. The van der Waals surface area contributed by atoms with Crippen molar-refractivity contribution < 1.29 is 18.8 Å². The van der Waals surface area contributed by atoms with Crippen LogP contribution < -0.4 is 0 Å². The maximum Gasteiger partial charge on any atom is 0.339 e. The van der Waals surface area contributed by atoms with E-state index in [0.29, 0.717) is 6.61 Å². The summed E-state index contributed by atoms with van der Waals surface area (Å²) in [7, 11) is -2.26. The zero-order chi connectivity index (χ0) is 21.2. The van der Waals surface area contributed by atoms with Gasteiger partial charge in [0.1, 0.15) is 0 Å². The summed E-state index contributed by atoms with van der Waals surface area (Å²) in [5.74, 6) is -0.885. The Hall–Kier alpha value is -1.62. The van der Waals surface area contributed by atoms with Crippen molar-refractivity contribution in [3.05, 3.63) is 35.4 Å². The van der Waals surface area contributed by atoms with Gasteiger partial charge >= 0.3 is 11.9 Å². The lowest BCUT2D eigenvalue weighted by atomic mass is 10.1. The summed E-state index contributed by atoms with van der Waals surface area (Å²) in [6.07, 6.45) is 8.14. The topological polar surface area (TPSA) is 52.6 Å². The quantitative estimate of drug-likeness (QED) is 0.231. The molecule has 0 unspecified atom stereocenters. The lowest BCUT2D eigenvalue weighted by Crippen LogP contribution is -2.42. The first kappa shape index (κ1) is 24.4. The van der Waals surface area contributed by atoms with Crippen molar-refractivity contribution in [1.29, 1.82) is 0 Å². The van der Waals surface area contributed by atoms with Crippen LogP contribution in [0.15, 0.2) is 24.3 Å². The van der Waals surface area contributed by atoms with Gasteiger partial charge in [-0.25, -0.2) is 9.59 Å². The van der Waals surface area contributed by atoms with Gasteiger partial charge in [-0.1, -0.05) is 78.4 Å². The number of carbonyl (C=O) groups is 2. The van der Waals surface area contributed by atoms with E-state index in [4.69, 9.17) is 9.16 Å². The summed E-state index contributed by atoms with van der Waals surface area (Å²) >= 11 is 0. The van der Waals surface area contributed by atoms with Crippen LogP contribution in [0, 0.1) is 0 Å². The van der Waals surface area contributed by atoms with Crippen LogP contribution in [-0.4, -0.2) is 26.9 Å². The van der Waals surface area contributed by atoms with Crippen LogP contribution in [0.1, 0.15) is 93.4 Å². The van der Waals surface area contributed by atoms with Gasteiger partial charge in [-0.05, 0) is 36.7 Å². The highest BCUT2D eigenvalue weighted by Gasteiger charge is 2.41. The Morgan fingerprint density at radius 3 is 1.89 bits per heavy atom. The fourth-order valence-corrected chi connectivity index (χ4v) is 3.46. The molecule has 1 aromatic rings. The average molecular weight is 407 g/mol. The van der Waals surface area contributed by atoms with E-state index < -0.39 is 20.3 Å². The van der Waals surface area contributed by atoms with Crippen molar-refractivity contribution >= 4 is 20.3 Å². The smallest absolute Gasteiger partial charge is 0.339 e. The van der Waals surface area contributed by atoms with Crippen molar-refractivity contribution in [3.8, 4) is 0 Å². The standard InChI is InChI=1S/C23H38O4Si/c1-7-8-9-10-11-12-15-18-26-21(24)19-16-13-14-17-20(19)22(25)27-28(5,6)23(2,3)4/h13-14,16-17H,7-12,15,18H2,1-6H3. The van der Waals surface area contributed by atoms with Crippen LogP contribution in [0.5, 0.6) is 0 Å². The Kier molecular flexibility index (Phi) is 9.94. The number of hydrogen-bond donors (Lipinski definition) is 0. The molecular formula is C23H38O4Si. The third kappa shape index (κ3) is 7.78. The Balaban J connectivity index is 2.60. The molecule has 0 bridgehead atoms. The van der Waals surface area contributed by atoms with Crippen LogP contribution in [-0.2, 0) is 9.16 Å². The molecule has 0 aliphatic rings. The largest absolute Gasteiger partial charge is 0.516 e. The lowest BCUT2D eigenvalue weighted by molar-refractivity contribution is 0.0488. The Labute approximate surface area is 172 Å². The molecule has 0 aliphatic carbocycles. The van der Waals surface area contributed by atoms with Crippen molar-refractivity contribution in [2.45, 2.75) is 90.8 Å². The summed E-state index contributed by atoms with van der Waals surface area (Å²) in [5, 5.41) is -0.0881. The van der Waals surface area contributed by atoms with E-state index in [0.717, 1.165) is 12.8 Å². The molecule has 0 radical (unpaired) electrons. The first-order valence-corrected chi connectivity index (χ1v) is 13.5. The minimum atomic E-state index is -2.26. The molecule has 5 heteroatoms. The van der Waals surface area contributed by atoms with E-state index in [1.807, 2.05) is 13.1 Å². The average Bonchev–Trinajstić information content (AvgIpc) is 2.62. The van der Waals surface area contributed by atoms with Gasteiger partial charge in [0.25, 0.3) is 8.32 Å². The monoisotopic (exact) mass is 406 g/mol. The highest BCUT2D eigenvalue weighted by molar-refractivity contribution is 6.75. The van der Waals surface area contributed by atoms with Gasteiger partial charge in [0.15, 0.2) is 0 Å². The molecule has 0 amide bonds. The second kappa shape index (κ2) is 11.4. The molecule has 0 N–H and O–H groups in total. The van der Waals surface area contributed by atoms with Crippen LogP contribution in [0.25, 0.3) is 0 Å². The van der Waals surface area contributed by atoms with Crippen molar-refractivity contribution in [1.82, 2.24) is 0 Å². The van der Waals surface area contributed by atoms with Crippen LogP contribution in [0.3, 0.4) is 0 Å². The number of esters is 1. The Morgan fingerprint density at radius 2 is 1.36 bits per heavy atom. The maximum atomic E-state index is 12.7. The maximum absolute atomic E-state index is 12.7. The second-order valence-corrected chi connectivity index (χ2v) is 13.7. The number of rotatable bonds is 11. The number of unbranched alkanes of at least 4 members (excludes halogenated alkanes) is 6. The molecule has 158 valence electrons. The minimum absolute atomic E-state index is 0.0881. The number of ether oxygens (including phenoxy) is 1. The first-order chi connectivity index (χ1) is 13.1. The lowest BCUT2D eigenvalue weighted by Gasteiger charge is -2.35. The van der Waals surface area contributed by atoms with Crippen LogP contribution >= 0.6 is 0 Å². The predicted molar refractivity (Wildman–Crippen MR) is 117 cm³/mol. The van der Waals surface area contributed by atoms with Gasteiger partial charge in [0, 0.05) is 0 Å². The SMILES string of the molecule is CCCCCCCCCOC(=O)c1ccccc1C(=O)O[Si](C)(C)C(C)(C)C. The first-order valence-electron chi connectivity index (χ1n) is 10.6. The zero-order valence-electron chi connectivity index (χ0n) is 18.6. The molecule has 1 rings (SSSR count). The molecule has 0 atom stereocenters. The van der Waals surface area contributed by atoms with Crippen LogP contribution in [0.4, 0.5) is 0 Å². The van der Waals surface area contributed by atoms with E-state index in [2.05, 4.69) is 27.7 Å². The third-order valence-electron chi connectivity index (χ3n) is 5.50.